The zero-order chi connectivity index (χ0) is 20.7. The first-order valence-corrected chi connectivity index (χ1v) is 10.3. The van der Waals surface area contributed by atoms with Crippen LogP contribution in [0.1, 0.15) is 29.8 Å². The van der Waals surface area contributed by atoms with Gasteiger partial charge in [0.25, 0.3) is 11.8 Å². The van der Waals surface area contributed by atoms with Gasteiger partial charge in [-0.15, -0.1) is 0 Å². The van der Waals surface area contributed by atoms with Crippen molar-refractivity contribution in [2.24, 2.45) is 5.92 Å². The molecule has 0 aliphatic rings. The summed E-state index contributed by atoms with van der Waals surface area (Å²) in [5.74, 6) is 0.752. The molecule has 0 aliphatic heterocycles. The third-order valence-electron chi connectivity index (χ3n) is 3.58. The molecule has 0 bridgehead atoms. The first kappa shape index (κ1) is 22.2. The van der Waals surface area contributed by atoms with Gasteiger partial charge < -0.3 is 9.47 Å². The molecule has 0 heterocycles. The van der Waals surface area contributed by atoms with Crippen molar-refractivity contribution in [2.45, 2.75) is 20.8 Å². The lowest BCUT2D eigenvalue weighted by atomic mass is 10.2. The highest BCUT2D eigenvalue weighted by Crippen LogP contribution is 2.26. The van der Waals surface area contributed by atoms with Crippen LogP contribution in [0.25, 0.3) is 0 Å². The molecule has 2 aromatic rings. The number of hydrazine groups is 1. The van der Waals surface area contributed by atoms with E-state index in [-0.39, 0.29) is 6.61 Å². The highest BCUT2D eigenvalue weighted by atomic mass is 79.9. The van der Waals surface area contributed by atoms with E-state index in [2.05, 4.69) is 56.6 Å². The van der Waals surface area contributed by atoms with Crippen molar-refractivity contribution < 1.29 is 19.1 Å². The Labute approximate surface area is 181 Å². The number of amides is 2. The van der Waals surface area contributed by atoms with Crippen LogP contribution in [-0.4, -0.2) is 25.0 Å². The van der Waals surface area contributed by atoms with Gasteiger partial charge in [0.15, 0.2) is 6.61 Å². The van der Waals surface area contributed by atoms with Crippen LogP contribution in [0.2, 0.25) is 0 Å². The molecule has 0 spiro atoms. The Balaban J connectivity index is 1.84. The van der Waals surface area contributed by atoms with Gasteiger partial charge in [-0.2, -0.15) is 0 Å². The van der Waals surface area contributed by atoms with E-state index in [0.29, 0.717) is 34.1 Å². The van der Waals surface area contributed by atoms with E-state index in [4.69, 9.17) is 9.47 Å². The average molecular weight is 514 g/mol. The topological polar surface area (TPSA) is 76.7 Å². The zero-order valence-electron chi connectivity index (χ0n) is 15.8. The van der Waals surface area contributed by atoms with Crippen molar-refractivity contribution in [2.75, 3.05) is 13.2 Å². The largest absolute Gasteiger partial charge is 0.492 e. The van der Waals surface area contributed by atoms with Crippen LogP contribution in [0.5, 0.6) is 11.5 Å². The minimum atomic E-state index is -0.466. The Morgan fingerprint density at radius 2 is 1.71 bits per heavy atom. The Kier molecular flexibility index (Phi) is 8.32. The molecule has 0 fully saturated rings. The Morgan fingerprint density at radius 3 is 2.36 bits per heavy atom. The summed E-state index contributed by atoms with van der Waals surface area (Å²) in [5, 5.41) is 0. The lowest BCUT2D eigenvalue weighted by Crippen LogP contribution is -2.43. The van der Waals surface area contributed by atoms with E-state index in [0.717, 1.165) is 10.0 Å². The quantitative estimate of drug-likeness (QED) is 0.538. The summed E-state index contributed by atoms with van der Waals surface area (Å²) in [7, 11) is 0. The highest BCUT2D eigenvalue weighted by Gasteiger charge is 2.11. The smallest absolute Gasteiger partial charge is 0.276 e. The summed E-state index contributed by atoms with van der Waals surface area (Å²) in [4.78, 5) is 24.1. The molecule has 0 aliphatic carbocycles. The SMILES string of the molecule is Cc1cc(Br)ccc1OCC(=O)NNC(=O)c1ccc(OCC(C)C)c(Br)c1. The molecule has 0 saturated heterocycles. The van der Waals surface area contributed by atoms with Gasteiger partial charge in [-0.3, -0.25) is 20.4 Å². The first-order chi connectivity index (χ1) is 13.3. The number of carbonyl (C=O) groups is 2. The van der Waals surface area contributed by atoms with Crippen LogP contribution >= 0.6 is 31.9 Å². The zero-order valence-corrected chi connectivity index (χ0v) is 19.0. The fraction of sp³-hybridized carbons (Fsp3) is 0.300. The second kappa shape index (κ2) is 10.5. The maximum absolute atomic E-state index is 12.2. The van der Waals surface area contributed by atoms with Crippen molar-refractivity contribution in [3.05, 3.63) is 56.5 Å². The lowest BCUT2D eigenvalue weighted by Gasteiger charge is -2.12. The molecule has 2 aromatic carbocycles. The summed E-state index contributed by atoms with van der Waals surface area (Å²) < 4.78 is 12.7. The van der Waals surface area contributed by atoms with E-state index >= 15 is 0 Å². The lowest BCUT2D eigenvalue weighted by molar-refractivity contribution is -0.123. The van der Waals surface area contributed by atoms with E-state index in [9.17, 15) is 9.59 Å². The van der Waals surface area contributed by atoms with Crippen LogP contribution in [-0.2, 0) is 4.79 Å². The number of hydrogen-bond acceptors (Lipinski definition) is 4. The van der Waals surface area contributed by atoms with Crippen molar-refractivity contribution in [3.8, 4) is 11.5 Å². The highest BCUT2D eigenvalue weighted by molar-refractivity contribution is 9.10. The maximum atomic E-state index is 12.2. The van der Waals surface area contributed by atoms with Gasteiger partial charge in [0, 0.05) is 10.0 Å². The van der Waals surface area contributed by atoms with Gasteiger partial charge in [-0.1, -0.05) is 29.8 Å². The third-order valence-corrected chi connectivity index (χ3v) is 4.69. The van der Waals surface area contributed by atoms with Gasteiger partial charge in [-0.05, 0) is 70.7 Å². The number of nitrogens with one attached hydrogen (secondary N) is 2. The molecule has 28 heavy (non-hydrogen) atoms. The van der Waals surface area contributed by atoms with Crippen molar-refractivity contribution in [3.63, 3.8) is 0 Å². The van der Waals surface area contributed by atoms with Crippen LogP contribution in [0, 0.1) is 12.8 Å². The summed E-state index contributed by atoms with van der Waals surface area (Å²) in [6.07, 6.45) is 0. The molecule has 0 atom stereocenters. The van der Waals surface area contributed by atoms with E-state index in [1.165, 1.54) is 0 Å². The van der Waals surface area contributed by atoms with Crippen molar-refractivity contribution >= 4 is 43.7 Å². The predicted octanol–water partition coefficient (Wildman–Crippen LogP) is 4.39. The van der Waals surface area contributed by atoms with E-state index in [1.54, 1.807) is 24.3 Å². The second-order valence-electron chi connectivity index (χ2n) is 6.55. The molecule has 2 rings (SSSR count). The minimum Gasteiger partial charge on any atom is -0.492 e. The molecular formula is C20H22Br2N2O4. The molecule has 0 radical (unpaired) electrons. The Bertz CT molecular complexity index is 856. The molecule has 0 saturated carbocycles. The number of hydrogen-bond donors (Lipinski definition) is 2. The monoisotopic (exact) mass is 512 g/mol. The van der Waals surface area contributed by atoms with Gasteiger partial charge in [0.1, 0.15) is 11.5 Å². The number of ether oxygens (including phenoxy) is 2. The molecule has 150 valence electrons. The molecule has 0 aromatic heterocycles. The Hall–Kier alpha value is -2.06. The predicted molar refractivity (Wildman–Crippen MR) is 114 cm³/mol. The van der Waals surface area contributed by atoms with Crippen molar-refractivity contribution in [1.29, 1.82) is 0 Å². The molecular weight excluding hydrogens is 492 g/mol. The molecule has 2 amide bonds. The fourth-order valence-electron chi connectivity index (χ4n) is 2.17. The summed E-state index contributed by atoms with van der Waals surface area (Å²) in [5.41, 5.74) is 5.99. The molecule has 8 heteroatoms. The first-order valence-electron chi connectivity index (χ1n) is 8.66. The number of halogens is 2. The van der Waals surface area contributed by atoms with E-state index < -0.39 is 11.8 Å². The summed E-state index contributed by atoms with van der Waals surface area (Å²) in [6.45, 7) is 6.36. The number of aryl methyl sites for hydroxylation is 1. The summed E-state index contributed by atoms with van der Waals surface area (Å²) >= 11 is 6.76. The van der Waals surface area contributed by atoms with Crippen LogP contribution in [0.3, 0.4) is 0 Å². The normalized spacial score (nSPS) is 10.5. The Morgan fingerprint density at radius 1 is 1.00 bits per heavy atom. The molecule has 6 nitrogen and oxygen atoms in total. The van der Waals surface area contributed by atoms with Crippen LogP contribution in [0.4, 0.5) is 0 Å². The number of benzene rings is 2. The van der Waals surface area contributed by atoms with Crippen LogP contribution in [0.15, 0.2) is 45.3 Å². The van der Waals surface area contributed by atoms with E-state index in [1.807, 2.05) is 19.1 Å². The van der Waals surface area contributed by atoms with Gasteiger partial charge in [0.2, 0.25) is 0 Å². The van der Waals surface area contributed by atoms with Gasteiger partial charge in [0.05, 0.1) is 11.1 Å². The number of rotatable bonds is 7. The average Bonchev–Trinajstić information content (AvgIpc) is 2.64. The second-order valence-corrected chi connectivity index (χ2v) is 8.32. The third kappa shape index (κ3) is 6.83. The molecule has 0 unspecified atom stereocenters. The van der Waals surface area contributed by atoms with Crippen LogP contribution < -0.4 is 20.3 Å². The standard InChI is InChI=1S/C20H22Br2N2O4/c1-12(2)10-27-18-6-4-14(9-16(18)22)20(26)24-23-19(25)11-28-17-7-5-15(21)8-13(17)3/h4-9,12H,10-11H2,1-3H3,(H,23,25)(H,24,26). The number of carbonyl (C=O) groups excluding carboxylic acids is 2. The minimum absolute atomic E-state index is 0.214. The molecule has 2 N–H and O–H groups in total. The maximum Gasteiger partial charge on any atom is 0.276 e. The van der Waals surface area contributed by atoms with Gasteiger partial charge >= 0.3 is 0 Å². The summed E-state index contributed by atoms with van der Waals surface area (Å²) in [6, 6.07) is 10.5. The fourth-order valence-corrected chi connectivity index (χ4v) is 3.14. The van der Waals surface area contributed by atoms with Gasteiger partial charge in [-0.25, -0.2) is 0 Å². The van der Waals surface area contributed by atoms with Crippen molar-refractivity contribution in [1.82, 2.24) is 10.9 Å².